The third-order valence-electron chi connectivity index (χ3n) is 2.56. The second-order valence-electron chi connectivity index (χ2n) is 3.97. The largest absolute Gasteiger partial charge is 0.494 e. The SMILES string of the molecule is CCCCCOc1cccc([C@@H](N)CN)c1. The van der Waals surface area contributed by atoms with Crippen LogP contribution in [0.3, 0.4) is 0 Å². The highest BCUT2D eigenvalue weighted by Gasteiger charge is 2.04. The van der Waals surface area contributed by atoms with Crippen molar-refractivity contribution in [3.8, 4) is 5.75 Å². The quantitative estimate of drug-likeness (QED) is 0.695. The minimum atomic E-state index is -0.0980. The van der Waals surface area contributed by atoms with Crippen molar-refractivity contribution >= 4 is 0 Å². The summed E-state index contributed by atoms with van der Waals surface area (Å²) in [5.41, 5.74) is 12.4. The Hall–Kier alpha value is -1.06. The summed E-state index contributed by atoms with van der Waals surface area (Å²) in [4.78, 5) is 0. The highest BCUT2D eigenvalue weighted by molar-refractivity contribution is 5.30. The maximum atomic E-state index is 5.86. The van der Waals surface area contributed by atoms with Crippen LogP contribution in [0.25, 0.3) is 0 Å². The Morgan fingerprint density at radius 2 is 2.12 bits per heavy atom. The van der Waals surface area contributed by atoms with Crippen LogP contribution in [0.5, 0.6) is 5.75 Å². The molecule has 0 heterocycles. The molecule has 90 valence electrons. The first kappa shape index (κ1) is 13.0. The van der Waals surface area contributed by atoms with Crippen molar-refractivity contribution in [3.05, 3.63) is 29.8 Å². The van der Waals surface area contributed by atoms with Gasteiger partial charge in [-0.15, -0.1) is 0 Å². The van der Waals surface area contributed by atoms with Crippen LogP contribution in [0.2, 0.25) is 0 Å². The highest BCUT2D eigenvalue weighted by atomic mass is 16.5. The molecule has 3 nitrogen and oxygen atoms in total. The van der Waals surface area contributed by atoms with Gasteiger partial charge in [0.2, 0.25) is 0 Å². The predicted molar refractivity (Wildman–Crippen MR) is 67.4 cm³/mol. The monoisotopic (exact) mass is 222 g/mol. The maximum Gasteiger partial charge on any atom is 0.119 e. The molecule has 16 heavy (non-hydrogen) atoms. The second kappa shape index (κ2) is 7.25. The number of rotatable bonds is 7. The van der Waals surface area contributed by atoms with E-state index in [0.717, 1.165) is 24.3 Å². The van der Waals surface area contributed by atoms with Gasteiger partial charge in [0.1, 0.15) is 5.75 Å². The van der Waals surface area contributed by atoms with Crippen molar-refractivity contribution in [1.29, 1.82) is 0 Å². The molecule has 3 heteroatoms. The van der Waals surface area contributed by atoms with Crippen LogP contribution in [-0.2, 0) is 0 Å². The summed E-state index contributed by atoms with van der Waals surface area (Å²) in [6, 6.07) is 7.78. The third kappa shape index (κ3) is 4.21. The van der Waals surface area contributed by atoms with E-state index in [0.29, 0.717) is 6.54 Å². The van der Waals surface area contributed by atoms with Gasteiger partial charge in [-0.2, -0.15) is 0 Å². The number of benzene rings is 1. The van der Waals surface area contributed by atoms with Gasteiger partial charge in [-0.05, 0) is 24.1 Å². The number of ether oxygens (including phenoxy) is 1. The Bertz CT molecular complexity index is 302. The zero-order valence-corrected chi connectivity index (χ0v) is 9.99. The van der Waals surface area contributed by atoms with Gasteiger partial charge >= 0.3 is 0 Å². The standard InChI is InChI=1S/C13H22N2O/c1-2-3-4-8-16-12-7-5-6-11(9-12)13(15)10-14/h5-7,9,13H,2-4,8,10,14-15H2,1H3/t13-/m0/s1. The molecule has 0 amide bonds. The Morgan fingerprint density at radius 3 is 2.81 bits per heavy atom. The summed E-state index contributed by atoms with van der Waals surface area (Å²) in [7, 11) is 0. The Labute approximate surface area is 97.8 Å². The normalized spacial score (nSPS) is 12.4. The number of nitrogens with two attached hydrogens (primary N) is 2. The second-order valence-corrected chi connectivity index (χ2v) is 3.97. The molecule has 4 N–H and O–H groups in total. The lowest BCUT2D eigenvalue weighted by Gasteiger charge is -2.11. The summed E-state index contributed by atoms with van der Waals surface area (Å²) in [6.07, 6.45) is 3.52. The lowest BCUT2D eigenvalue weighted by Crippen LogP contribution is -2.20. The Balaban J connectivity index is 2.47. The lowest BCUT2D eigenvalue weighted by atomic mass is 10.1. The average Bonchev–Trinajstić information content (AvgIpc) is 2.34. The Kier molecular flexibility index (Phi) is 5.90. The first-order chi connectivity index (χ1) is 7.77. The summed E-state index contributed by atoms with van der Waals surface area (Å²) < 4.78 is 5.65. The molecule has 0 radical (unpaired) electrons. The first-order valence-corrected chi connectivity index (χ1v) is 5.96. The van der Waals surface area contributed by atoms with Crippen molar-refractivity contribution in [3.63, 3.8) is 0 Å². The average molecular weight is 222 g/mol. The van der Waals surface area contributed by atoms with Gasteiger partial charge in [-0.3, -0.25) is 0 Å². The van der Waals surface area contributed by atoms with E-state index in [1.165, 1.54) is 12.8 Å². The molecule has 0 aliphatic carbocycles. The predicted octanol–water partition coefficient (Wildman–Crippen LogP) is 2.21. The van der Waals surface area contributed by atoms with Gasteiger partial charge in [0.25, 0.3) is 0 Å². The van der Waals surface area contributed by atoms with E-state index in [1.807, 2.05) is 24.3 Å². The minimum Gasteiger partial charge on any atom is -0.494 e. The van der Waals surface area contributed by atoms with Crippen molar-refractivity contribution in [1.82, 2.24) is 0 Å². The molecule has 0 bridgehead atoms. The molecule has 1 rings (SSSR count). The van der Waals surface area contributed by atoms with Crippen molar-refractivity contribution in [2.75, 3.05) is 13.2 Å². The fourth-order valence-electron chi connectivity index (χ4n) is 1.51. The van der Waals surface area contributed by atoms with E-state index in [2.05, 4.69) is 6.92 Å². The molecule has 0 saturated carbocycles. The molecule has 0 aliphatic heterocycles. The van der Waals surface area contributed by atoms with Crippen LogP contribution in [0.1, 0.15) is 37.8 Å². The molecule has 1 aromatic carbocycles. The van der Waals surface area contributed by atoms with E-state index >= 15 is 0 Å². The molecule has 0 fully saturated rings. The minimum absolute atomic E-state index is 0.0980. The van der Waals surface area contributed by atoms with Gasteiger partial charge in [-0.1, -0.05) is 31.9 Å². The molecule has 1 aromatic rings. The van der Waals surface area contributed by atoms with Crippen molar-refractivity contribution < 1.29 is 4.74 Å². The Morgan fingerprint density at radius 1 is 1.31 bits per heavy atom. The number of hydrogen-bond acceptors (Lipinski definition) is 3. The zero-order chi connectivity index (χ0) is 11.8. The zero-order valence-electron chi connectivity index (χ0n) is 9.99. The van der Waals surface area contributed by atoms with Crippen LogP contribution >= 0.6 is 0 Å². The van der Waals surface area contributed by atoms with Crippen LogP contribution in [0, 0.1) is 0 Å². The van der Waals surface area contributed by atoms with Gasteiger partial charge in [0.15, 0.2) is 0 Å². The molecular formula is C13H22N2O. The van der Waals surface area contributed by atoms with Crippen LogP contribution in [0.4, 0.5) is 0 Å². The molecule has 0 unspecified atom stereocenters. The molecule has 0 aromatic heterocycles. The third-order valence-corrected chi connectivity index (χ3v) is 2.56. The first-order valence-electron chi connectivity index (χ1n) is 5.96. The van der Waals surface area contributed by atoms with Crippen molar-refractivity contribution in [2.24, 2.45) is 11.5 Å². The fraction of sp³-hybridized carbons (Fsp3) is 0.538. The maximum absolute atomic E-state index is 5.86. The molecular weight excluding hydrogens is 200 g/mol. The van der Waals surface area contributed by atoms with E-state index in [-0.39, 0.29) is 6.04 Å². The molecule has 0 spiro atoms. The van der Waals surface area contributed by atoms with E-state index in [4.69, 9.17) is 16.2 Å². The highest BCUT2D eigenvalue weighted by Crippen LogP contribution is 2.17. The fourth-order valence-corrected chi connectivity index (χ4v) is 1.51. The summed E-state index contributed by atoms with van der Waals surface area (Å²) in [6.45, 7) is 3.41. The molecule has 0 aliphatic rings. The number of unbranched alkanes of at least 4 members (excludes halogenated alkanes) is 2. The lowest BCUT2D eigenvalue weighted by molar-refractivity contribution is 0.306. The van der Waals surface area contributed by atoms with E-state index in [1.54, 1.807) is 0 Å². The van der Waals surface area contributed by atoms with Gasteiger partial charge in [0, 0.05) is 12.6 Å². The summed E-state index contributed by atoms with van der Waals surface area (Å²) in [5.74, 6) is 0.887. The van der Waals surface area contributed by atoms with Crippen LogP contribution in [-0.4, -0.2) is 13.2 Å². The van der Waals surface area contributed by atoms with E-state index < -0.39 is 0 Å². The smallest absolute Gasteiger partial charge is 0.119 e. The summed E-state index contributed by atoms with van der Waals surface area (Å²) >= 11 is 0. The van der Waals surface area contributed by atoms with Crippen molar-refractivity contribution in [2.45, 2.75) is 32.2 Å². The molecule has 1 atom stereocenters. The van der Waals surface area contributed by atoms with E-state index in [9.17, 15) is 0 Å². The van der Waals surface area contributed by atoms with Gasteiger partial charge < -0.3 is 16.2 Å². The van der Waals surface area contributed by atoms with Gasteiger partial charge in [-0.25, -0.2) is 0 Å². The van der Waals surface area contributed by atoms with Crippen LogP contribution in [0.15, 0.2) is 24.3 Å². The summed E-state index contributed by atoms with van der Waals surface area (Å²) in [5, 5.41) is 0. The number of hydrogen-bond donors (Lipinski definition) is 2. The molecule has 0 saturated heterocycles. The van der Waals surface area contributed by atoms with Crippen LogP contribution < -0.4 is 16.2 Å². The van der Waals surface area contributed by atoms with Gasteiger partial charge in [0.05, 0.1) is 6.61 Å². The topological polar surface area (TPSA) is 61.3 Å².